The number of rotatable bonds is 4. The lowest BCUT2D eigenvalue weighted by molar-refractivity contribution is -0.113. The molecule has 1 heterocycles. The number of ether oxygens (including phenoxy) is 1. The van der Waals surface area contributed by atoms with Crippen molar-refractivity contribution in [1.82, 2.24) is 10.6 Å². The third-order valence-corrected chi connectivity index (χ3v) is 5.02. The number of methoxy groups -OCH3 is 1. The molecule has 5 nitrogen and oxygen atoms in total. The number of carbonyl (C=O) groups is 1. The van der Waals surface area contributed by atoms with Gasteiger partial charge in [0.1, 0.15) is 5.75 Å². The van der Waals surface area contributed by atoms with Crippen LogP contribution in [0.25, 0.3) is 0 Å². The van der Waals surface area contributed by atoms with Gasteiger partial charge in [-0.15, -0.1) is 0 Å². The minimum Gasteiger partial charge on any atom is -0.496 e. The van der Waals surface area contributed by atoms with Crippen LogP contribution in [-0.4, -0.2) is 18.1 Å². The van der Waals surface area contributed by atoms with Crippen molar-refractivity contribution in [2.24, 2.45) is 0 Å². The van der Waals surface area contributed by atoms with Crippen molar-refractivity contribution in [1.29, 1.82) is 0 Å². The third-order valence-electron chi connectivity index (χ3n) is 4.39. The second-order valence-electron chi connectivity index (χ2n) is 6.23. The van der Waals surface area contributed by atoms with Crippen molar-refractivity contribution in [3.8, 4) is 5.75 Å². The number of halogens is 1. The second-order valence-corrected chi connectivity index (χ2v) is 7.05. The van der Waals surface area contributed by atoms with Crippen molar-refractivity contribution in [2.75, 3.05) is 12.4 Å². The molecule has 7 heteroatoms. The van der Waals surface area contributed by atoms with Gasteiger partial charge in [-0.25, -0.2) is 0 Å². The molecule has 1 aliphatic heterocycles. The largest absolute Gasteiger partial charge is 0.496 e. The Morgan fingerprint density at radius 2 is 1.96 bits per heavy atom. The number of allylic oxidation sites excluding steroid dienone is 1. The van der Waals surface area contributed by atoms with Gasteiger partial charge in [-0.3, -0.25) is 4.79 Å². The minimum absolute atomic E-state index is 0.245. The maximum Gasteiger partial charge on any atom is 0.255 e. The molecule has 0 fully saturated rings. The van der Waals surface area contributed by atoms with E-state index in [9.17, 15) is 4.79 Å². The van der Waals surface area contributed by atoms with Gasteiger partial charge in [0.2, 0.25) is 0 Å². The van der Waals surface area contributed by atoms with Gasteiger partial charge in [-0.1, -0.05) is 35.9 Å². The number of hydrogen-bond acceptors (Lipinski definition) is 3. The summed E-state index contributed by atoms with van der Waals surface area (Å²) in [6.07, 6.45) is 0. The Labute approximate surface area is 168 Å². The zero-order chi connectivity index (χ0) is 19.6. The van der Waals surface area contributed by atoms with Gasteiger partial charge in [-0.2, -0.15) is 0 Å². The van der Waals surface area contributed by atoms with Crippen LogP contribution in [0.5, 0.6) is 5.75 Å². The average molecular weight is 402 g/mol. The van der Waals surface area contributed by atoms with E-state index < -0.39 is 6.04 Å². The van der Waals surface area contributed by atoms with Gasteiger partial charge in [0.25, 0.3) is 5.91 Å². The first kappa shape index (κ1) is 19.2. The third kappa shape index (κ3) is 4.07. The van der Waals surface area contributed by atoms with Gasteiger partial charge in [0.15, 0.2) is 5.11 Å². The van der Waals surface area contributed by atoms with Crippen LogP contribution in [0.15, 0.2) is 53.7 Å². The molecule has 1 atom stereocenters. The molecule has 0 aliphatic carbocycles. The Hall–Kier alpha value is -2.57. The Balaban J connectivity index is 1.98. The fraction of sp³-hybridized carbons (Fsp3) is 0.200. The number of carbonyl (C=O) groups excluding carboxylic acids is 1. The lowest BCUT2D eigenvalue weighted by Crippen LogP contribution is -2.45. The first-order valence-corrected chi connectivity index (χ1v) is 9.18. The van der Waals surface area contributed by atoms with E-state index in [4.69, 9.17) is 28.6 Å². The number of aryl methyl sites for hydroxylation is 1. The van der Waals surface area contributed by atoms with E-state index in [1.54, 1.807) is 13.2 Å². The molecule has 3 rings (SSSR count). The van der Waals surface area contributed by atoms with Crippen molar-refractivity contribution in [2.45, 2.75) is 19.9 Å². The summed E-state index contributed by atoms with van der Waals surface area (Å²) in [6.45, 7) is 3.74. The van der Waals surface area contributed by atoms with E-state index >= 15 is 0 Å². The summed E-state index contributed by atoms with van der Waals surface area (Å²) < 4.78 is 5.47. The van der Waals surface area contributed by atoms with Crippen LogP contribution in [-0.2, 0) is 4.79 Å². The summed E-state index contributed by atoms with van der Waals surface area (Å²) in [7, 11) is 1.60. The number of anilines is 1. The minimum atomic E-state index is -0.434. The second kappa shape index (κ2) is 7.98. The van der Waals surface area contributed by atoms with Crippen molar-refractivity contribution < 1.29 is 9.53 Å². The molecule has 0 aromatic heterocycles. The molecule has 2 aromatic carbocycles. The topological polar surface area (TPSA) is 62.4 Å². The Kier molecular flexibility index (Phi) is 5.68. The Bertz CT molecular complexity index is 943. The van der Waals surface area contributed by atoms with Crippen LogP contribution < -0.4 is 20.7 Å². The monoisotopic (exact) mass is 401 g/mol. The highest BCUT2D eigenvalue weighted by molar-refractivity contribution is 7.80. The van der Waals surface area contributed by atoms with Crippen LogP contribution in [0, 0.1) is 6.92 Å². The molecule has 0 unspecified atom stereocenters. The molecule has 0 bridgehead atoms. The standard InChI is InChI=1S/C20H20ClN3O2S/c1-11-8-9-13(10-15(11)21)23-19(25)17-12(2)22-20(27)24-18(17)14-6-4-5-7-16(14)26-3/h4-10,18H,1-3H3,(H,23,25)(H2,22,24,27)/t18-/m0/s1. The number of thiocarbonyl (C=S) groups is 1. The van der Waals surface area contributed by atoms with Gasteiger partial charge in [-0.05, 0) is 49.8 Å². The summed E-state index contributed by atoms with van der Waals surface area (Å²) in [5.41, 5.74) is 3.62. The lowest BCUT2D eigenvalue weighted by Gasteiger charge is -2.31. The first-order valence-electron chi connectivity index (χ1n) is 8.39. The van der Waals surface area contributed by atoms with Crippen LogP contribution in [0.3, 0.4) is 0 Å². The van der Waals surface area contributed by atoms with Crippen LogP contribution in [0.2, 0.25) is 5.02 Å². The lowest BCUT2D eigenvalue weighted by atomic mass is 9.94. The number of benzene rings is 2. The molecule has 140 valence electrons. The number of nitrogens with one attached hydrogen (secondary N) is 3. The molecule has 1 aliphatic rings. The summed E-state index contributed by atoms with van der Waals surface area (Å²) in [5.74, 6) is 0.432. The van der Waals surface area contributed by atoms with Crippen molar-refractivity contribution >= 4 is 40.5 Å². The highest BCUT2D eigenvalue weighted by Gasteiger charge is 2.31. The summed E-state index contributed by atoms with van der Waals surface area (Å²) in [5, 5.41) is 10.2. The van der Waals surface area contributed by atoms with E-state index in [-0.39, 0.29) is 5.91 Å². The highest BCUT2D eigenvalue weighted by Crippen LogP contribution is 2.33. The predicted molar refractivity (Wildman–Crippen MR) is 112 cm³/mol. The summed E-state index contributed by atoms with van der Waals surface area (Å²) >= 11 is 11.5. The fourth-order valence-corrected chi connectivity index (χ4v) is 3.45. The average Bonchev–Trinajstić information content (AvgIpc) is 2.64. The van der Waals surface area contributed by atoms with Crippen molar-refractivity contribution in [3.05, 3.63) is 69.9 Å². The Morgan fingerprint density at radius 3 is 2.67 bits per heavy atom. The smallest absolute Gasteiger partial charge is 0.255 e. The molecule has 3 N–H and O–H groups in total. The zero-order valence-electron chi connectivity index (χ0n) is 15.2. The van der Waals surface area contributed by atoms with Crippen LogP contribution in [0.1, 0.15) is 24.1 Å². The van der Waals surface area contributed by atoms with Crippen molar-refractivity contribution in [3.63, 3.8) is 0 Å². The summed E-state index contributed by atoms with van der Waals surface area (Å²) in [4.78, 5) is 13.1. The van der Waals surface area contributed by atoms with E-state index in [1.807, 2.05) is 50.2 Å². The van der Waals surface area contributed by atoms with E-state index in [0.717, 1.165) is 11.1 Å². The highest BCUT2D eigenvalue weighted by atomic mass is 35.5. The molecular weight excluding hydrogens is 382 g/mol. The summed E-state index contributed by atoms with van der Waals surface area (Å²) in [6, 6.07) is 12.5. The molecule has 0 saturated carbocycles. The van der Waals surface area contributed by atoms with Crippen LogP contribution in [0.4, 0.5) is 5.69 Å². The molecule has 0 radical (unpaired) electrons. The number of hydrogen-bond donors (Lipinski definition) is 3. The number of amides is 1. The molecule has 0 spiro atoms. The molecule has 2 aromatic rings. The van der Waals surface area contributed by atoms with Gasteiger partial charge >= 0.3 is 0 Å². The molecular formula is C20H20ClN3O2S. The fourth-order valence-electron chi connectivity index (χ4n) is 3.00. The molecule has 0 saturated heterocycles. The maximum atomic E-state index is 13.1. The van der Waals surface area contributed by atoms with Crippen LogP contribution >= 0.6 is 23.8 Å². The van der Waals surface area contributed by atoms with Gasteiger partial charge in [0.05, 0.1) is 18.7 Å². The zero-order valence-corrected chi connectivity index (χ0v) is 16.8. The van der Waals surface area contributed by atoms with E-state index in [0.29, 0.717) is 32.8 Å². The Morgan fingerprint density at radius 1 is 1.22 bits per heavy atom. The van der Waals surface area contributed by atoms with E-state index in [1.165, 1.54) is 0 Å². The molecule has 27 heavy (non-hydrogen) atoms. The van der Waals surface area contributed by atoms with Gasteiger partial charge in [0, 0.05) is 22.0 Å². The SMILES string of the molecule is COc1ccccc1[C@@H]1NC(=S)NC(C)=C1C(=O)Nc1ccc(C)c(Cl)c1. The maximum absolute atomic E-state index is 13.1. The quantitative estimate of drug-likeness (QED) is 0.673. The first-order chi connectivity index (χ1) is 12.9. The number of para-hydroxylation sites is 1. The van der Waals surface area contributed by atoms with Gasteiger partial charge < -0.3 is 20.7 Å². The molecule has 1 amide bonds. The normalized spacial score (nSPS) is 16.4. The van der Waals surface area contributed by atoms with E-state index in [2.05, 4.69) is 16.0 Å². The predicted octanol–water partition coefficient (Wildman–Crippen LogP) is 4.09.